The van der Waals surface area contributed by atoms with Gasteiger partial charge in [0.25, 0.3) is 5.91 Å². The van der Waals surface area contributed by atoms with Crippen molar-refractivity contribution in [3.63, 3.8) is 0 Å². The molecule has 0 spiro atoms. The number of nitrogens with one attached hydrogen (secondary N) is 1. The summed E-state index contributed by atoms with van der Waals surface area (Å²) in [5, 5.41) is 11.0. The third-order valence-electron chi connectivity index (χ3n) is 3.04. The lowest BCUT2D eigenvalue weighted by molar-refractivity contribution is -0.127. The lowest BCUT2D eigenvalue weighted by atomic mass is 10.2. The summed E-state index contributed by atoms with van der Waals surface area (Å²) >= 11 is 5.89. The summed E-state index contributed by atoms with van der Waals surface area (Å²) in [6, 6.07) is 5.28. The number of hydrogen-bond acceptors (Lipinski definition) is 4. The number of aryl methyl sites for hydroxylation is 2. The minimum atomic E-state index is -0.613. The van der Waals surface area contributed by atoms with Gasteiger partial charge in [0.2, 0.25) is 0 Å². The molecule has 0 fully saturated rings. The van der Waals surface area contributed by atoms with E-state index < -0.39 is 6.10 Å². The summed E-state index contributed by atoms with van der Waals surface area (Å²) in [5.74, 6) is 1.10. The highest BCUT2D eigenvalue weighted by Crippen LogP contribution is 2.22. The van der Waals surface area contributed by atoms with Crippen LogP contribution < -0.4 is 10.1 Å². The van der Waals surface area contributed by atoms with Gasteiger partial charge in [-0.3, -0.25) is 4.79 Å². The molecule has 1 amide bonds. The van der Waals surface area contributed by atoms with Crippen molar-refractivity contribution in [1.82, 2.24) is 20.1 Å². The molecule has 1 aromatic heterocycles. The first-order valence-corrected chi connectivity index (χ1v) is 6.88. The lowest BCUT2D eigenvalue weighted by Crippen LogP contribution is -2.36. The van der Waals surface area contributed by atoms with Gasteiger partial charge in [-0.15, -0.1) is 10.2 Å². The van der Waals surface area contributed by atoms with E-state index in [9.17, 15) is 4.79 Å². The lowest BCUT2D eigenvalue weighted by Gasteiger charge is -2.16. The van der Waals surface area contributed by atoms with E-state index in [1.807, 2.05) is 14.0 Å². The second-order valence-corrected chi connectivity index (χ2v) is 5.18. The Morgan fingerprint density at radius 2 is 2.29 bits per heavy atom. The molecule has 1 atom stereocenters. The van der Waals surface area contributed by atoms with E-state index >= 15 is 0 Å². The minimum absolute atomic E-state index is 0.215. The van der Waals surface area contributed by atoms with Crippen molar-refractivity contribution in [2.75, 3.05) is 0 Å². The Morgan fingerprint density at radius 1 is 1.52 bits per heavy atom. The highest BCUT2D eigenvalue weighted by Gasteiger charge is 2.16. The number of carbonyl (C=O) groups is 1. The maximum atomic E-state index is 12.0. The molecule has 0 bridgehead atoms. The Morgan fingerprint density at radius 3 is 2.90 bits per heavy atom. The van der Waals surface area contributed by atoms with Crippen molar-refractivity contribution in [2.45, 2.75) is 26.5 Å². The van der Waals surface area contributed by atoms with Crippen LogP contribution in [0.3, 0.4) is 0 Å². The van der Waals surface area contributed by atoms with Gasteiger partial charge in [0.1, 0.15) is 12.1 Å². The van der Waals surface area contributed by atoms with Crippen molar-refractivity contribution in [3.05, 3.63) is 40.9 Å². The monoisotopic (exact) mass is 308 g/mol. The molecule has 0 aliphatic heterocycles. The van der Waals surface area contributed by atoms with Gasteiger partial charge in [0.05, 0.1) is 6.54 Å². The summed E-state index contributed by atoms with van der Waals surface area (Å²) in [6.45, 7) is 3.88. The Hall–Kier alpha value is -2.08. The third kappa shape index (κ3) is 3.95. The Bertz CT molecular complexity index is 642. The molecular formula is C14H17ClN4O2. The van der Waals surface area contributed by atoms with Crippen LogP contribution in [-0.2, 0) is 18.4 Å². The molecule has 21 heavy (non-hydrogen) atoms. The number of carbonyl (C=O) groups excluding carboxylic acids is 1. The summed E-state index contributed by atoms with van der Waals surface area (Å²) in [5.41, 5.74) is 0.885. The van der Waals surface area contributed by atoms with Gasteiger partial charge >= 0.3 is 0 Å². The van der Waals surface area contributed by atoms with Crippen LogP contribution in [-0.4, -0.2) is 26.8 Å². The third-order valence-corrected chi connectivity index (χ3v) is 3.27. The van der Waals surface area contributed by atoms with Crippen molar-refractivity contribution in [3.8, 4) is 5.75 Å². The van der Waals surface area contributed by atoms with Gasteiger partial charge in [-0.2, -0.15) is 0 Å². The van der Waals surface area contributed by atoms with Crippen LogP contribution in [0.25, 0.3) is 0 Å². The van der Waals surface area contributed by atoms with Gasteiger partial charge in [-0.1, -0.05) is 11.6 Å². The average Bonchev–Trinajstić information content (AvgIpc) is 2.84. The smallest absolute Gasteiger partial charge is 0.261 e. The number of rotatable bonds is 5. The Balaban J connectivity index is 1.92. The number of nitrogens with zero attached hydrogens (tertiary/aromatic N) is 3. The zero-order valence-corrected chi connectivity index (χ0v) is 12.9. The zero-order valence-electron chi connectivity index (χ0n) is 12.1. The zero-order chi connectivity index (χ0) is 15.4. The predicted octanol–water partition coefficient (Wildman–Crippen LogP) is 1.86. The van der Waals surface area contributed by atoms with Crippen molar-refractivity contribution < 1.29 is 9.53 Å². The van der Waals surface area contributed by atoms with E-state index in [2.05, 4.69) is 15.5 Å². The van der Waals surface area contributed by atoms with Gasteiger partial charge in [0.15, 0.2) is 11.9 Å². The second kappa shape index (κ2) is 6.58. The van der Waals surface area contributed by atoms with Crippen LogP contribution in [0.4, 0.5) is 0 Å². The van der Waals surface area contributed by atoms with E-state index in [-0.39, 0.29) is 5.91 Å². The maximum absolute atomic E-state index is 12.0. The van der Waals surface area contributed by atoms with Crippen molar-refractivity contribution in [1.29, 1.82) is 0 Å². The second-order valence-electron chi connectivity index (χ2n) is 4.75. The molecule has 0 aliphatic carbocycles. The van der Waals surface area contributed by atoms with Crippen molar-refractivity contribution in [2.24, 2.45) is 7.05 Å². The van der Waals surface area contributed by atoms with Crippen LogP contribution >= 0.6 is 11.6 Å². The molecule has 6 nitrogen and oxygen atoms in total. The van der Waals surface area contributed by atoms with Gasteiger partial charge in [0, 0.05) is 12.1 Å². The van der Waals surface area contributed by atoms with Crippen LogP contribution in [0.5, 0.6) is 5.75 Å². The standard InChI is InChI=1S/C14H17ClN4O2/c1-9-6-11(15)4-5-12(9)21-10(2)14(20)16-7-13-18-17-8-19(13)3/h4-6,8,10H,7H2,1-3H3,(H,16,20)/t10-/m0/s1. The molecule has 1 heterocycles. The summed E-state index contributed by atoms with van der Waals surface area (Å²) in [6.07, 6.45) is 0.969. The molecule has 112 valence electrons. The van der Waals surface area contributed by atoms with E-state index in [0.29, 0.717) is 23.1 Å². The van der Waals surface area contributed by atoms with E-state index in [4.69, 9.17) is 16.3 Å². The number of ether oxygens (including phenoxy) is 1. The molecule has 0 aliphatic rings. The van der Waals surface area contributed by atoms with E-state index in [1.165, 1.54) is 0 Å². The first kappa shape index (κ1) is 15.3. The van der Waals surface area contributed by atoms with Crippen LogP contribution in [0.1, 0.15) is 18.3 Å². The largest absolute Gasteiger partial charge is 0.481 e. The predicted molar refractivity (Wildman–Crippen MR) is 79.1 cm³/mol. The summed E-state index contributed by atoms with van der Waals surface area (Å²) < 4.78 is 7.39. The average molecular weight is 309 g/mol. The van der Waals surface area contributed by atoms with Crippen molar-refractivity contribution >= 4 is 17.5 Å². The number of benzene rings is 1. The summed E-state index contributed by atoms with van der Waals surface area (Å²) in [7, 11) is 1.82. The highest BCUT2D eigenvalue weighted by molar-refractivity contribution is 6.30. The molecule has 7 heteroatoms. The fourth-order valence-corrected chi connectivity index (χ4v) is 1.99. The number of aromatic nitrogens is 3. The van der Waals surface area contributed by atoms with E-state index in [0.717, 1.165) is 5.56 Å². The first-order chi connectivity index (χ1) is 9.97. The molecule has 0 saturated carbocycles. The Kier molecular flexibility index (Phi) is 4.80. The van der Waals surface area contributed by atoms with Gasteiger partial charge in [-0.25, -0.2) is 0 Å². The quantitative estimate of drug-likeness (QED) is 0.915. The maximum Gasteiger partial charge on any atom is 0.261 e. The van der Waals surface area contributed by atoms with Gasteiger partial charge in [-0.05, 0) is 37.6 Å². The van der Waals surface area contributed by atoms with E-state index in [1.54, 1.807) is 36.0 Å². The molecule has 0 radical (unpaired) electrons. The number of halogens is 1. The summed E-state index contributed by atoms with van der Waals surface area (Å²) in [4.78, 5) is 12.0. The number of hydrogen-bond donors (Lipinski definition) is 1. The normalized spacial score (nSPS) is 12.0. The highest BCUT2D eigenvalue weighted by atomic mass is 35.5. The van der Waals surface area contributed by atoms with Crippen LogP contribution in [0.2, 0.25) is 5.02 Å². The fraction of sp³-hybridized carbons (Fsp3) is 0.357. The Labute approximate surface area is 128 Å². The minimum Gasteiger partial charge on any atom is -0.481 e. The van der Waals surface area contributed by atoms with Gasteiger partial charge < -0.3 is 14.6 Å². The number of amides is 1. The fourth-order valence-electron chi connectivity index (χ4n) is 1.77. The molecule has 1 aromatic carbocycles. The molecule has 2 rings (SSSR count). The molecule has 2 aromatic rings. The molecule has 1 N–H and O–H groups in total. The SMILES string of the molecule is Cc1cc(Cl)ccc1O[C@@H](C)C(=O)NCc1nncn1C. The topological polar surface area (TPSA) is 69.0 Å². The molecule has 0 saturated heterocycles. The first-order valence-electron chi connectivity index (χ1n) is 6.50. The molecule has 0 unspecified atom stereocenters. The molecular weight excluding hydrogens is 292 g/mol. The van der Waals surface area contributed by atoms with Crippen LogP contribution in [0, 0.1) is 6.92 Å². The van der Waals surface area contributed by atoms with Crippen LogP contribution in [0.15, 0.2) is 24.5 Å².